The largest absolute Gasteiger partial charge is 0.370 e. The summed E-state index contributed by atoms with van der Waals surface area (Å²) in [4.78, 5) is 8.90. The number of nitrogens with one attached hydrogen (secondary N) is 1. The molecule has 0 amide bonds. The molecule has 4 rings (SSSR count). The van der Waals surface area contributed by atoms with Gasteiger partial charge in [0.1, 0.15) is 5.82 Å². The molecule has 1 N–H and O–H groups in total. The van der Waals surface area contributed by atoms with Crippen LogP contribution in [0, 0.1) is 0 Å². The van der Waals surface area contributed by atoms with Crippen LogP contribution >= 0.6 is 0 Å². The van der Waals surface area contributed by atoms with Crippen LogP contribution in [-0.4, -0.2) is 16.5 Å². The lowest BCUT2D eigenvalue weighted by Gasteiger charge is -2.06. The van der Waals surface area contributed by atoms with E-state index in [0.717, 1.165) is 24.5 Å². The molecule has 3 nitrogen and oxygen atoms in total. The van der Waals surface area contributed by atoms with Gasteiger partial charge in [-0.05, 0) is 47.6 Å². The Morgan fingerprint density at radius 3 is 2.42 bits per heavy atom. The van der Waals surface area contributed by atoms with E-state index in [0.29, 0.717) is 11.8 Å². The highest BCUT2D eigenvalue weighted by Crippen LogP contribution is 2.54. The van der Waals surface area contributed by atoms with Gasteiger partial charge in [-0.25, -0.2) is 4.98 Å². The van der Waals surface area contributed by atoms with E-state index in [4.69, 9.17) is 0 Å². The molecule has 0 aliphatic heterocycles. The summed E-state index contributed by atoms with van der Waals surface area (Å²) in [5.74, 6) is 2.23. The maximum atomic E-state index is 4.57. The Morgan fingerprint density at radius 1 is 0.833 bits per heavy atom. The topological polar surface area (TPSA) is 37.8 Å². The van der Waals surface area contributed by atoms with E-state index in [-0.39, 0.29) is 0 Å². The third-order valence-corrected chi connectivity index (χ3v) is 4.65. The zero-order chi connectivity index (χ0) is 16.2. The molecule has 0 saturated heterocycles. The minimum atomic E-state index is 0.627. The predicted octanol–water partition coefficient (Wildman–Crippen LogP) is 4.40. The highest BCUT2D eigenvalue weighted by Gasteiger charge is 2.39. The first-order chi connectivity index (χ1) is 11.9. The van der Waals surface area contributed by atoms with Crippen molar-refractivity contribution in [2.45, 2.75) is 24.7 Å². The Bertz CT molecular complexity index is 769. The van der Waals surface area contributed by atoms with Gasteiger partial charge in [0.25, 0.3) is 0 Å². The lowest BCUT2D eigenvalue weighted by molar-refractivity contribution is 0.950. The van der Waals surface area contributed by atoms with Crippen LogP contribution in [0.1, 0.15) is 35.1 Å². The van der Waals surface area contributed by atoms with Crippen molar-refractivity contribution in [3.05, 3.63) is 89.9 Å². The van der Waals surface area contributed by atoms with Crippen LogP contribution < -0.4 is 5.32 Å². The minimum absolute atomic E-state index is 0.627. The third kappa shape index (κ3) is 3.46. The molecule has 2 heterocycles. The van der Waals surface area contributed by atoms with Crippen molar-refractivity contribution in [2.24, 2.45) is 0 Å². The molecule has 0 unspecified atom stereocenters. The molecule has 0 bridgehead atoms. The van der Waals surface area contributed by atoms with Crippen LogP contribution in [0.3, 0.4) is 0 Å². The molecule has 2 atom stereocenters. The van der Waals surface area contributed by atoms with Crippen molar-refractivity contribution in [3.8, 4) is 0 Å². The number of aromatic nitrogens is 2. The smallest absolute Gasteiger partial charge is 0.125 e. The molecule has 1 aliphatic rings. The number of hydrogen-bond acceptors (Lipinski definition) is 3. The van der Waals surface area contributed by atoms with E-state index < -0.39 is 0 Å². The quantitative estimate of drug-likeness (QED) is 0.732. The Hall–Kier alpha value is -2.68. The van der Waals surface area contributed by atoms with Crippen LogP contribution in [0.5, 0.6) is 0 Å². The number of benzene rings is 1. The summed E-state index contributed by atoms with van der Waals surface area (Å²) >= 11 is 0. The summed E-state index contributed by atoms with van der Waals surface area (Å²) in [5, 5.41) is 3.37. The number of rotatable bonds is 6. The predicted molar refractivity (Wildman–Crippen MR) is 97.2 cm³/mol. The molecule has 1 saturated carbocycles. The van der Waals surface area contributed by atoms with Crippen molar-refractivity contribution in [3.63, 3.8) is 0 Å². The molecule has 120 valence electrons. The zero-order valence-corrected chi connectivity index (χ0v) is 13.6. The van der Waals surface area contributed by atoms with Crippen LogP contribution in [0.4, 0.5) is 5.82 Å². The molecule has 2 aromatic heterocycles. The second-order valence-electron chi connectivity index (χ2n) is 6.33. The number of nitrogens with zero attached hydrogens (tertiary/aromatic N) is 2. The Labute approximate surface area is 142 Å². The maximum Gasteiger partial charge on any atom is 0.125 e. The average molecular weight is 315 g/mol. The SMILES string of the molecule is c1ccc([C@@H]2C[C@H]2c2ccc(NCCc3ccccn3)nc2)cc1. The molecule has 0 radical (unpaired) electrons. The average Bonchev–Trinajstić information content (AvgIpc) is 3.45. The van der Waals surface area contributed by atoms with Gasteiger partial charge in [0.05, 0.1) is 0 Å². The van der Waals surface area contributed by atoms with Gasteiger partial charge in [0.2, 0.25) is 0 Å². The van der Waals surface area contributed by atoms with E-state index >= 15 is 0 Å². The van der Waals surface area contributed by atoms with Gasteiger partial charge in [-0.3, -0.25) is 4.98 Å². The normalized spacial score (nSPS) is 19.0. The summed E-state index contributed by atoms with van der Waals surface area (Å²) in [6.07, 6.45) is 6.00. The van der Waals surface area contributed by atoms with Crippen LogP contribution in [-0.2, 0) is 6.42 Å². The van der Waals surface area contributed by atoms with Gasteiger partial charge in [-0.2, -0.15) is 0 Å². The van der Waals surface area contributed by atoms with Crippen LogP contribution in [0.25, 0.3) is 0 Å². The molecule has 1 aromatic carbocycles. The van der Waals surface area contributed by atoms with Crippen molar-refractivity contribution >= 4 is 5.82 Å². The molecule has 3 aromatic rings. The van der Waals surface area contributed by atoms with Gasteiger partial charge in [0.15, 0.2) is 0 Å². The first kappa shape index (κ1) is 14.9. The molecule has 1 aliphatic carbocycles. The molecular formula is C21H21N3. The summed E-state index contributed by atoms with van der Waals surface area (Å²) in [6.45, 7) is 0.847. The second kappa shape index (κ2) is 6.83. The number of hydrogen-bond donors (Lipinski definition) is 1. The van der Waals surface area contributed by atoms with Crippen LogP contribution in [0.15, 0.2) is 73.1 Å². The Balaban J connectivity index is 1.31. The molecule has 1 fully saturated rings. The fraction of sp³-hybridized carbons (Fsp3) is 0.238. The van der Waals surface area contributed by atoms with E-state index in [2.05, 4.69) is 63.8 Å². The number of pyridine rings is 2. The fourth-order valence-electron chi connectivity index (χ4n) is 3.23. The monoisotopic (exact) mass is 315 g/mol. The molecular weight excluding hydrogens is 294 g/mol. The fourth-order valence-corrected chi connectivity index (χ4v) is 3.23. The van der Waals surface area contributed by atoms with Gasteiger partial charge in [0, 0.05) is 31.1 Å². The summed E-state index contributed by atoms with van der Waals surface area (Å²) in [6, 6.07) is 21.1. The summed E-state index contributed by atoms with van der Waals surface area (Å²) in [7, 11) is 0. The number of anilines is 1. The van der Waals surface area contributed by atoms with E-state index in [1.54, 1.807) is 0 Å². The summed E-state index contributed by atoms with van der Waals surface area (Å²) < 4.78 is 0. The lowest BCUT2D eigenvalue weighted by Crippen LogP contribution is -2.07. The van der Waals surface area contributed by atoms with Crippen molar-refractivity contribution in [2.75, 3.05) is 11.9 Å². The Morgan fingerprint density at radius 2 is 1.67 bits per heavy atom. The van der Waals surface area contributed by atoms with E-state index in [1.165, 1.54) is 17.5 Å². The van der Waals surface area contributed by atoms with Crippen molar-refractivity contribution in [1.29, 1.82) is 0 Å². The second-order valence-corrected chi connectivity index (χ2v) is 6.33. The van der Waals surface area contributed by atoms with Crippen molar-refractivity contribution in [1.82, 2.24) is 9.97 Å². The van der Waals surface area contributed by atoms with Crippen molar-refractivity contribution < 1.29 is 0 Å². The lowest BCUT2D eigenvalue weighted by atomic mass is 10.1. The summed E-state index contributed by atoms with van der Waals surface area (Å²) in [5.41, 5.74) is 3.89. The van der Waals surface area contributed by atoms with Crippen LogP contribution in [0.2, 0.25) is 0 Å². The van der Waals surface area contributed by atoms with Gasteiger partial charge < -0.3 is 5.32 Å². The van der Waals surface area contributed by atoms with E-state index in [1.807, 2.05) is 24.5 Å². The van der Waals surface area contributed by atoms with Gasteiger partial charge >= 0.3 is 0 Å². The minimum Gasteiger partial charge on any atom is -0.370 e. The molecule has 3 heteroatoms. The zero-order valence-electron chi connectivity index (χ0n) is 13.6. The van der Waals surface area contributed by atoms with Gasteiger partial charge in [-0.15, -0.1) is 0 Å². The molecule has 0 spiro atoms. The highest BCUT2D eigenvalue weighted by atomic mass is 15.0. The first-order valence-electron chi connectivity index (χ1n) is 8.55. The van der Waals surface area contributed by atoms with Gasteiger partial charge in [-0.1, -0.05) is 42.5 Å². The maximum absolute atomic E-state index is 4.57. The standard InChI is InChI=1S/C21H21N3/c1-2-6-16(7-3-1)19-14-20(19)17-9-10-21(24-15-17)23-13-11-18-8-4-5-12-22-18/h1-10,12,15,19-20H,11,13-14H2,(H,23,24)/t19-,20-/m0/s1. The first-order valence-corrected chi connectivity index (χ1v) is 8.55. The molecule has 24 heavy (non-hydrogen) atoms. The van der Waals surface area contributed by atoms with E-state index in [9.17, 15) is 0 Å². The Kier molecular flexibility index (Phi) is 4.24. The highest BCUT2D eigenvalue weighted by molar-refractivity contribution is 5.40. The third-order valence-electron chi connectivity index (χ3n) is 4.65.